The molecule has 1 saturated heterocycles. The number of thioether (sulfide) groups is 1. The molecular weight excluding hydrogens is 368 g/mol. The molecule has 0 aromatic heterocycles. The van der Waals surface area contributed by atoms with Gasteiger partial charge in [0.2, 0.25) is 0 Å². The highest BCUT2D eigenvalue weighted by Gasteiger charge is 2.24. The monoisotopic (exact) mass is 386 g/mol. The van der Waals surface area contributed by atoms with Crippen LogP contribution in [0.15, 0.2) is 52.4 Å². The number of aliphatic imine (C=N–C) groups is 1. The molecule has 26 heavy (non-hydrogen) atoms. The second-order valence-corrected chi connectivity index (χ2v) is 7.59. The van der Waals surface area contributed by atoms with Crippen LogP contribution in [0.2, 0.25) is 5.02 Å². The molecule has 0 spiro atoms. The maximum Gasteiger partial charge on any atom is 0.264 e. The summed E-state index contributed by atoms with van der Waals surface area (Å²) in [5, 5.41) is 3.84. The van der Waals surface area contributed by atoms with Crippen LogP contribution in [0.5, 0.6) is 5.75 Å². The van der Waals surface area contributed by atoms with Crippen molar-refractivity contribution in [3.05, 3.63) is 63.5 Å². The van der Waals surface area contributed by atoms with Gasteiger partial charge >= 0.3 is 0 Å². The molecule has 2 aromatic rings. The van der Waals surface area contributed by atoms with Gasteiger partial charge in [-0.1, -0.05) is 49.7 Å². The Morgan fingerprint density at radius 1 is 1.19 bits per heavy atom. The quantitative estimate of drug-likeness (QED) is 0.719. The van der Waals surface area contributed by atoms with Crippen molar-refractivity contribution < 1.29 is 9.53 Å². The fraction of sp³-hybridized carbons (Fsp3) is 0.200. The van der Waals surface area contributed by atoms with Gasteiger partial charge in [0.15, 0.2) is 5.17 Å². The van der Waals surface area contributed by atoms with Crippen molar-refractivity contribution in [2.75, 3.05) is 7.11 Å². The molecule has 1 fully saturated rings. The Kier molecular flexibility index (Phi) is 5.69. The van der Waals surface area contributed by atoms with Crippen LogP contribution in [0.1, 0.15) is 30.9 Å². The first-order chi connectivity index (χ1) is 12.5. The standard InChI is InChI=1S/C20H19ClN2O2S/c1-12(2)14-6-4-13(5-7-14)10-18-19(24)23-20(26-18)22-16-11-15(21)8-9-17(16)25-3/h4-12H,1-3H3,(H,22,23,24)/b18-10-. The summed E-state index contributed by atoms with van der Waals surface area (Å²) in [5.41, 5.74) is 2.82. The van der Waals surface area contributed by atoms with Gasteiger partial charge in [0.25, 0.3) is 5.91 Å². The Balaban J connectivity index is 1.83. The first-order valence-corrected chi connectivity index (χ1v) is 9.39. The number of carbonyl (C=O) groups excluding carboxylic acids is 1. The molecule has 1 aliphatic heterocycles. The smallest absolute Gasteiger partial charge is 0.264 e. The normalized spacial score (nSPS) is 17.2. The van der Waals surface area contributed by atoms with Crippen molar-refractivity contribution in [3.63, 3.8) is 0 Å². The minimum Gasteiger partial charge on any atom is -0.494 e. The van der Waals surface area contributed by atoms with Gasteiger partial charge in [-0.25, -0.2) is 4.99 Å². The number of amides is 1. The van der Waals surface area contributed by atoms with Crippen molar-refractivity contribution in [2.24, 2.45) is 4.99 Å². The summed E-state index contributed by atoms with van der Waals surface area (Å²) in [6.45, 7) is 4.31. The van der Waals surface area contributed by atoms with E-state index in [-0.39, 0.29) is 5.91 Å². The summed E-state index contributed by atoms with van der Waals surface area (Å²) in [6.07, 6.45) is 1.86. The fourth-order valence-corrected chi connectivity index (χ4v) is 3.47. The van der Waals surface area contributed by atoms with E-state index in [0.29, 0.717) is 32.5 Å². The number of methoxy groups -OCH3 is 1. The number of nitrogens with one attached hydrogen (secondary N) is 1. The largest absolute Gasteiger partial charge is 0.494 e. The SMILES string of the molecule is COc1ccc(Cl)cc1N=C1NC(=O)/C(=C/c2ccc(C(C)C)cc2)S1. The summed E-state index contributed by atoms with van der Waals surface area (Å²) in [7, 11) is 1.57. The van der Waals surface area contributed by atoms with Gasteiger partial charge in [-0.3, -0.25) is 4.79 Å². The van der Waals surface area contributed by atoms with Crippen molar-refractivity contribution in [3.8, 4) is 5.75 Å². The van der Waals surface area contributed by atoms with Gasteiger partial charge < -0.3 is 10.1 Å². The van der Waals surface area contributed by atoms with Crippen molar-refractivity contribution in [1.29, 1.82) is 0 Å². The third-order valence-corrected chi connectivity index (χ3v) is 5.06. The number of amidine groups is 1. The Morgan fingerprint density at radius 3 is 2.58 bits per heavy atom. The van der Waals surface area contributed by atoms with E-state index in [1.54, 1.807) is 25.3 Å². The van der Waals surface area contributed by atoms with Crippen LogP contribution in [0.4, 0.5) is 5.69 Å². The van der Waals surface area contributed by atoms with Gasteiger partial charge in [0.05, 0.1) is 12.0 Å². The highest BCUT2D eigenvalue weighted by atomic mass is 35.5. The van der Waals surface area contributed by atoms with E-state index in [1.807, 2.05) is 18.2 Å². The maximum atomic E-state index is 12.2. The number of nitrogens with zero attached hydrogens (tertiary/aromatic N) is 1. The number of carbonyl (C=O) groups is 1. The van der Waals surface area contributed by atoms with Crippen molar-refractivity contribution >= 4 is 46.2 Å². The molecule has 0 unspecified atom stereocenters. The molecule has 2 aromatic carbocycles. The number of halogens is 1. The Bertz CT molecular complexity index is 889. The van der Waals surface area contributed by atoms with Gasteiger partial charge in [-0.2, -0.15) is 0 Å². The maximum absolute atomic E-state index is 12.2. The number of hydrogen-bond acceptors (Lipinski definition) is 4. The number of benzene rings is 2. The topological polar surface area (TPSA) is 50.7 Å². The highest BCUT2D eigenvalue weighted by molar-refractivity contribution is 8.18. The molecule has 1 N–H and O–H groups in total. The zero-order chi connectivity index (χ0) is 18.7. The predicted octanol–water partition coefficient (Wildman–Crippen LogP) is 5.36. The van der Waals surface area contributed by atoms with Crippen LogP contribution < -0.4 is 10.1 Å². The Labute approximate surface area is 162 Å². The Morgan fingerprint density at radius 2 is 1.92 bits per heavy atom. The second kappa shape index (κ2) is 7.98. The molecule has 4 nitrogen and oxygen atoms in total. The molecule has 1 heterocycles. The number of rotatable bonds is 4. The molecule has 0 bridgehead atoms. The van der Waals surface area contributed by atoms with Crippen molar-refractivity contribution in [1.82, 2.24) is 5.32 Å². The van der Waals surface area contributed by atoms with E-state index in [1.165, 1.54) is 17.3 Å². The van der Waals surface area contributed by atoms with E-state index in [0.717, 1.165) is 5.56 Å². The van der Waals surface area contributed by atoms with Crippen LogP contribution >= 0.6 is 23.4 Å². The summed E-state index contributed by atoms with van der Waals surface area (Å²) in [4.78, 5) is 17.3. The third kappa shape index (κ3) is 4.29. The predicted molar refractivity (Wildman–Crippen MR) is 109 cm³/mol. The summed E-state index contributed by atoms with van der Waals surface area (Å²) in [5.74, 6) is 0.911. The summed E-state index contributed by atoms with van der Waals surface area (Å²) >= 11 is 7.32. The van der Waals surface area contributed by atoms with Gasteiger partial charge in [0.1, 0.15) is 11.4 Å². The third-order valence-electron chi connectivity index (χ3n) is 3.91. The van der Waals surface area contributed by atoms with Crippen LogP contribution in [0, 0.1) is 0 Å². The fourth-order valence-electron chi connectivity index (χ4n) is 2.47. The van der Waals surface area contributed by atoms with Crippen LogP contribution in [0.25, 0.3) is 6.08 Å². The van der Waals surface area contributed by atoms with Crippen LogP contribution in [0.3, 0.4) is 0 Å². The summed E-state index contributed by atoms with van der Waals surface area (Å²) < 4.78 is 5.29. The van der Waals surface area contributed by atoms with E-state index >= 15 is 0 Å². The van der Waals surface area contributed by atoms with E-state index in [9.17, 15) is 4.79 Å². The highest BCUT2D eigenvalue weighted by Crippen LogP contribution is 2.34. The average Bonchev–Trinajstić information content (AvgIpc) is 2.95. The van der Waals surface area contributed by atoms with E-state index in [4.69, 9.17) is 16.3 Å². The number of ether oxygens (including phenoxy) is 1. The van der Waals surface area contributed by atoms with Crippen LogP contribution in [-0.2, 0) is 4.79 Å². The lowest BCUT2D eigenvalue weighted by molar-refractivity contribution is -0.115. The second-order valence-electron chi connectivity index (χ2n) is 6.12. The number of hydrogen-bond donors (Lipinski definition) is 1. The van der Waals surface area contributed by atoms with Gasteiger partial charge in [-0.15, -0.1) is 0 Å². The average molecular weight is 387 g/mol. The molecule has 0 aliphatic carbocycles. The molecule has 3 rings (SSSR count). The van der Waals surface area contributed by atoms with Gasteiger partial charge in [-0.05, 0) is 53.1 Å². The Hall–Kier alpha value is -2.24. The summed E-state index contributed by atoms with van der Waals surface area (Å²) in [6, 6.07) is 13.4. The molecule has 134 valence electrons. The lowest BCUT2D eigenvalue weighted by Gasteiger charge is -2.05. The first-order valence-electron chi connectivity index (χ1n) is 8.19. The van der Waals surface area contributed by atoms with E-state index in [2.05, 4.69) is 36.3 Å². The molecule has 1 aliphatic rings. The molecule has 6 heteroatoms. The molecular formula is C20H19ClN2O2S. The minimum atomic E-state index is -0.164. The zero-order valence-corrected chi connectivity index (χ0v) is 16.3. The van der Waals surface area contributed by atoms with Gasteiger partial charge in [0, 0.05) is 5.02 Å². The molecule has 1 amide bonds. The molecule has 0 atom stereocenters. The first kappa shape index (κ1) is 18.5. The lowest BCUT2D eigenvalue weighted by atomic mass is 10.0. The van der Waals surface area contributed by atoms with Crippen molar-refractivity contribution in [2.45, 2.75) is 19.8 Å². The zero-order valence-electron chi connectivity index (χ0n) is 14.7. The van der Waals surface area contributed by atoms with E-state index < -0.39 is 0 Å². The lowest BCUT2D eigenvalue weighted by Crippen LogP contribution is -2.19. The molecule has 0 saturated carbocycles. The molecule has 0 radical (unpaired) electrons. The minimum absolute atomic E-state index is 0.164. The van der Waals surface area contributed by atoms with Crippen LogP contribution in [-0.4, -0.2) is 18.2 Å².